The van der Waals surface area contributed by atoms with Crippen LogP contribution >= 0.6 is 0 Å². The molecule has 2 nitrogen and oxygen atoms in total. The van der Waals surface area contributed by atoms with Crippen LogP contribution in [-0.4, -0.2) is 5.91 Å². The average molecular weight is 269 g/mol. The van der Waals surface area contributed by atoms with Crippen molar-refractivity contribution < 1.29 is 9.18 Å². The first-order valence-corrected chi connectivity index (χ1v) is 6.37. The van der Waals surface area contributed by atoms with Crippen molar-refractivity contribution in [3.8, 4) is 0 Å². The number of carbonyl (C=O) groups is 1. The van der Waals surface area contributed by atoms with E-state index in [1.165, 1.54) is 18.2 Å². The van der Waals surface area contributed by atoms with E-state index >= 15 is 0 Å². The Labute approximate surface area is 118 Å². The summed E-state index contributed by atoms with van der Waals surface area (Å²) in [5, 5.41) is 2.82. The van der Waals surface area contributed by atoms with Crippen molar-refractivity contribution >= 4 is 17.7 Å². The molecule has 0 saturated carbocycles. The SMILES string of the molecule is Cc1cccc(NC(=O)/C=C/c2cccc(F)c2)c1C. The second-order valence-corrected chi connectivity index (χ2v) is 4.63. The molecular formula is C17H16FNO. The van der Waals surface area contributed by atoms with Gasteiger partial charge in [0.1, 0.15) is 5.82 Å². The molecule has 0 spiro atoms. The van der Waals surface area contributed by atoms with Crippen LogP contribution in [0.3, 0.4) is 0 Å². The summed E-state index contributed by atoms with van der Waals surface area (Å²) in [4.78, 5) is 11.8. The van der Waals surface area contributed by atoms with Crippen molar-refractivity contribution in [1.82, 2.24) is 0 Å². The smallest absolute Gasteiger partial charge is 0.248 e. The maximum absolute atomic E-state index is 13.0. The molecule has 1 amide bonds. The fourth-order valence-corrected chi connectivity index (χ4v) is 1.84. The lowest BCUT2D eigenvalue weighted by Crippen LogP contribution is -2.09. The zero-order chi connectivity index (χ0) is 14.5. The number of halogens is 1. The zero-order valence-corrected chi connectivity index (χ0v) is 11.5. The molecule has 2 aromatic carbocycles. The van der Waals surface area contributed by atoms with Gasteiger partial charge in [-0.2, -0.15) is 0 Å². The molecule has 2 aromatic rings. The average Bonchev–Trinajstić information content (AvgIpc) is 2.42. The zero-order valence-electron chi connectivity index (χ0n) is 11.5. The van der Waals surface area contributed by atoms with E-state index in [1.807, 2.05) is 32.0 Å². The van der Waals surface area contributed by atoms with E-state index in [0.29, 0.717) is 5.56 Å². The molecule has 2 rings (SSSR count). The fourth-order valence-electron chi connectivity index (χ4n) is 1.84. The van der Waals surface area contributed by atoms with Gasteiger partial charge < -0.3 is 5.32 Å². The van der Waals surface area contributed by atoms with Gasteiger partial charge in [0.15, 0.2) is 0 Å². The second kappa shape index (κ2) is 6.15. The van der Waals surface area contributed by atoms with E-state index in [1.54, 1.807) is 18.2 Å². The summed E-state index contributed by atoms with van der Waals surface area (Å²) in [7, 11) is 0. The number of amides is 1. The number of rotatable bonds is 3. The molecule has 0 atom stereocenters. The summed E-state index contributed by atoms with van der Waals surface area (Å²) in [5.74, 6) is -0.551. The predicted molar refractivity (Wildman–Crippen MR) is 80.0 cm³/mol. The molecule has 0 aromatic heterocycles. The van der Waals surface area contributed by atoms with Crippen LogP contribution in [0.4, 0.5) is 10.1 Å². The largest absolute Gasteiger partial charge is 0.322 e. The van der Waals surface area contributed by atoms with Gasteiger partial charge in [0.25, 0.3) is 0 Å². The van der Waals surface area contributed by atoms with Gasteiger partial charge in [-0.15, -0.1) is 0 Å². The third-order valence-corrected chi connectivity index (χ3v) is 3.14. The standard InChI is InChI=1S/C17H16FNO/c1-12-5-3-8-16(13(12)2)19-17(20)10-9-14-6-4-7-15(18)11-14/h3-11H,1-2H3,(H,19,20)/b10-9+. The van der Waals surface area contributed by atoms with E-state index in [9.17, 15) is 9.18 Å². The molecule has 0 heterocycles. The lowest BCUT2D eigenvalue weighted by Gasteiger charge is -2.08. The Bertz CT molecular complexity index is 662. The van der Waals surface area contributed by atoms with Gasteiger partial charge in [-0.05, 0) is 54.8 Å². The Hall–Kier alpha value is -2.42. The van der Waals surface area contributed by atoms with Gasteiger partial charge in [0, 0.05) is 11.8 Å². The maximum atomic E-state index is 13.0. The molecule has 3 heteroatoms. The Balaban J connectivity index is 2.08. The Morgan fingerprint density at radius 2 is 1.90 bits per heavy atom. The molecule has 0 aliphatic carbocycles. The number of anilines is 1. The minimum Gasteiger partial charge on any atom is -0.322 e. The monoisotopic (exact) mass is 269 g/mol. The van der Waals surface area contributed by atoms with Gasteiger partial charge in [-0.1, -0.05) is 24.3 Å². The van der Waals surface area contributed by atoms with Crippen molar-refractivity contribution in [2.75, 3.05) is 5.32 Å². The van der Waals surface area contributed by atoms with Gasteiger partial charge in [0.05, 0.1) is 0 Å². The van der Waals surface area contributed by atoms with Crippen LogP contribution < -0.4 is 5.32 Å². The number of hydrogen-bond donors (Lipinski definition) is 1. The van der Waals surface area contributed by atoms with Gasteiger partial charge in [0.2, 0.25) is 5.91 Å². The van der Waals surface area contributed by atoms with Crippen LogP contribution in [-0.2, 0) is 4.79 Å². The molecule has 20 heavy (non-hydrogen) atoms. The van der Waals surface area contributed by atoms with Crippen LogP contribution in [0.15, 0.2) is 48.5 Å². The number of carbonyl (C=O) groups excluding carboxylic acids is 1. The van der Waals surface area contributed by atoms with Crippen LogP contribution in [0, 0.1) is 19.7 Å². The van der Waals surface area contributed by atoms with Crippen LogP contribution in [0.25, 0.3) is 6.08 Å². The van der Waals surface area contributed by atoms with Crippen molar-refractivity contribution in [3.05, 3.63) is 71.0 Å². The van der Waals surface area contributed by atoms with Crippen molar-refractivity contribution in [2.45, 2.75) is 13.8 Å². The van der Waals surface area contributed by atoms with Crippen molar-refractivity contribution in [1.29, 1.82) is 0 Å². The van der Waals surface area contributed by atoms with Crippen LogP contribution in [0.2, 0.25) is 0 Å². The van der Waals surface area contributed by atoms with Crippen LogP contribution in [0.5, 0.6) is 0 Å². The van der Waals surface area contributed by atoms with E-state index in [2.05, 4.69) is 5.32 Å². The molecule has 102 valence electrons. The third-order valence-electron chi connectivity index (χ3n) is 3.14. The number of hydrogen-bond acceptors (Lipinski definition) is 1. The highest BCUT2D eigenvalue weighted by atomic mass is 19.1. The molecule has 0 unspecified atom stereocenters. The van der Waals surface area contributed by atoms with Crippen molar-refractivity contribution in [2.24, 2.45) is 0 Å². The third kappa shape index (κ3) is 3.54. The Morgan fingerprint density at radius 1 is 1.15 bits per heavy atom. The maximum Gasteiger partial charge on any atom is 0.248 e. The first-order valence-electron chi connectivity index (χ1n) is 6.37. The number of benzene rings is 2. The van der Waals surface area contributed by atoms with E-state index in [4.69, 9.17) is 0 Å². The summed E-state index contributed by atoms with van der Waals surface area (Å²) >= 11 is 0. The lowest BCUT2D eigenvalue weighted by molar-refractivity contribution is -0.111. The summed E-state index contributed by atoms with van der Waals surface area (Å²) in [6, 6.07) is 11.8. The van der Waals surface area contributed by atoms with E-state index in [-0.39, 0.29) is 11.7 Å². The Morgan fingerprint density at radius 3 is 2.65 bits per heavy atom. The molecule has 0 fully saturated rings. The lowest BCUT2D eigenvalue weighted by atomic mass is 10.1. The fraction of sp³-hybridized carbons (Fsp3) is 0.118. The molecule has 1 N–H and O–H groups in total. The number of aryl methyl sites for hydroxylation is 1. The van der Waals surface area contributed by atoms with Gasteiger partial charge in [-0.3, -0.25) is 4.79 Å². The quantitative estimate of drug-likeness (QED) is 0.835. The highest BCUT2D eigenvalue weighted by molar-refractivity contribution is 6.02. The van der Waals surface area contributed by atoms with Gasteiger partial charge in [-0.25, -0.2) is 4.39 Å². The summed E-state index contributed by atoms with van der Waals surface area (Å²) in [6.45, 7) is 3.95. The minimum absolute atomic E-state index is 0.233. The first kappa shape index (κ1) is 14.0. The molecule has 0 aliphatic heterocycles. The summed E-state index contributed by atoms with van der Waals surface area (Å²) < 4.78 is 13.0. The highest BCUT2D eigenvalue weighted by Gasteiger charge is 2.03. The molecule has 0 radical (unpaired) electrons. The van der Waals surface area contributed by atoms with Crippen LogP contribution in [0.1, 0.15) is 16.7 Å². The predicted octanol–water partition coefficient (Wildman–Crippen LogP) is 4.09. The Kier molecular flexibility index (Phi) is 4.31. The first-order chi connectivity index (χ1) is 9.56. The normalized spacial score (nSPS) is 10.8. The topological polar surface area (TPSA) is 29.1 Å². The van der Waals surface area contributed by atoms with Crippen molar-refractivity contribution in [3.63, 3.8) is 0 Å². The summed E-state index contributed by atoms with van der Waals surface area (Å²) in [5.41, 5.74) is 3.61. The minimum atomic E-state index is -0.318. The van der Waals surface area contributed by atoms with Gasteiger partial charge >= 0.3 is 0 Å². The highest BCUT2D eigenvalue weighted by Crippen LogP contribution is 2.18. The molecular weight excluding hydrogens is 253 g/mol. The molecule has 0 aliphatic rings. The molecule has 0 saturated heterocycles. The number of nitrogens with one attached hydrogen (secondary N) is 1. The second-order valence-electron chi connectivity index (χ2n) is 4.63. The van der Waals surface area contributed by atoms with E-state index < -0.39 is 0 Å². The van der Waals surface area contributed by atoms with E-state index in [0.717, 1.165) is 16.8 Å². The molecule has 0 bridgehead atoms. The summed E-state index contributed by atoms with van der Waals surface area (Å²) in [6.07, 6.45) is 2.99.